The third kappa shape index (κ3) is 3.04. The van der Waals surface area contributed by atoms with Gasteiger partial charge in [0, 0.05) is 5.56 Å². The second-order valence-electron chi connectivity index (χ2n) is 5.55. The Labute approximate surface area is 138 Å². The van der Waals surface area contributed by atoms with E-state index in [-0.39, 0.29) is 6.10 Å². The maximum Gasteiger partial charge on any atom is 0.167 e. The highest BCUT2D eigenvalue weighted by Crippen LogP contribution is 2.35. The van der Waals surface area contributed by atoms with Crippen LogP contribution >= 0.6 is 11.3 Å². The summed E-state index contributed by atoms with van der Waals surface area (Å²) in [5, 5.41) is 11.6. The molecule has 3 rings (SSSR count). The summed E-state index contributed by atoms with van der Waals surface area (Å²) in [6, 6.07) is 0. The number of nitrogens with zero attached hydrogens (tertiary/aromatic N) is 3. The average molecular weight is 331 g/mol. The van der Waals surface area contributed by atoms with E-state index >= 15 is 0 Å². The van der Waals surface area contributed by atoms with Gasteiger partial charge in [0.2, 0.25) is 0 Å². The summed E-state index contributed by atoms with van der Waals surface area (Å²) in [5.41, 5.74) is 3.08. The summed E-state index contributed by atoms with van der Waals surface area (Å²) in [6.07, 6.45) is 3.52. The molecule has 6 heteroatoms. The van der Waals surface area contributed by atoms with Crippen molar-refractivity contribution in [2.75, 3.05) is 0 Å². The van der Waals surface area contributed by atoms with Gasteiger partial charge >= 0.3 is 0 Å². The fourth-order valence-corrected chi connectivity index (χ4v) is 3.73. The zero-order chi connectivity index (χ0) is 16.6. The van der Waals surface area contributed by atoms with Crippen LogP contribution in [-0.4, -0.2) is 14.8 Å². The fourth-order valence-electron chi connectivity index (χ4n) is 2.58. The molecule has 0 bridgehead atoms. The molecule has 0 N–H and O–H groups in total. The number of aryl methyl sites for hydroxylation is 1. The summed E-state index contributed by atoms with van der Waals surface area (Å²) >= 11 is 1.64. The Bertz CT molecular complexity index is 803. The van der Waals surface area contributed by atoms with Crippen molar-refractivity contribution in [1.29, 1.82) is 0 Å². The van der Waals surface area contributed by atoms with Crippen LogP contribution in [0.1, 0.15) is 35.8 Å². The monoisotopic (exact) mass is 331 g/mol. The van der Waals surface area contributed by atoms with E-state index in [1.165, 1.54) is 6.08 Å². The van der Waals surface area contributed by atoms with E-state index in [0.717, 1.165) is 33.3 Å². The molecule has 0 spiro atoms. The number of allylic oxidation sites excluding steroid dienone is 4. The molecule has 1 aliphatic heterocycles. The highest BCUT2D eigenvalue weighted by Gasteiger charge is 2.26. The van der Waals surface area contributed by atoms with Crippen LogP contribution in [0.2, 0.25) is 0 Å². The number of hydrogen-bond donors (Lipinski definition) is 0. The molecular formula is C17H18FN3OS. The maximum atomic E-state index is 12.7. The largest absolute Gasteiger partial charge is 0.366 e. The highest BCUT2D eigenvalue weighted by molar-refractivity contribution is 7.12. The smallest absolute Gasteiger partial charge is 0.167 e. The van der Waals surface area contributed by atoms with Crippen molar-refractivity contribution in [2.45, 2.75) is 33.0 Å². The van der Waals surface area contributed by atoms with Crippen LogP contribution in [0.4, 0.5) is 4.39 Å². The normalized spacial score (nSPS) is 16.9. The number of aromatic nitrogens is 3. The van der Waals surface area contributed by atoms with E-state index < -0.39 is 5.83 Å². The predicted molar refractivity (Wildman–Crippen MR) is 89.4 cm³/mol. The molecule has 0 unspecified atom stereocenters. The van der Waals surface area contributed by atoms with E-state index in [1.54, 1.807) is 17.4 Å². The van der Waals surface area contributed by atoms with Gasteiger partial charge in [0.25, 0.3) is 0 Å². The summed E-state index contributed by atoms with van der Waals surface area (Å²) in [7, 11) is 0. The van der Waals surface area contributed by atoms with Crippen molar-refractivity contribution in [2.24, 2.45) is 0 Å². The number of fused-ring (bicyclic) bond motifs is 3. The Morgan fingerprint density at radius 3 is 3.00 bits per heavy atom. The molecular weight excluding hydrogens is 313 g/mol. The third-order valence-electron chi connectivity index (χ3n) is 3.77. The van der Waals surface area contributed by atoms with Gasteiger partial charge in [-0.3, -0.25) is 4.57 Å². The molecule has 2 aromatic heterocycles. The van der Waals surface area contributed by atoms with E-state index in [2.05, 4.69) is 33.3 Å². The lowest BCUT2D eigenvalue weighted by molar-refractivity contribution is 0.0493. The minimum absolute atomic E-state index is 0.110. The van der Waals surface area contributed by atoms with Crippen LogP contribution in [0.15, 0.2) is 42.1 Å². The van der Waals surface area contributed by atoms with E-state index in [0.29, 0.717) is 13.0 Å². The first-order valence-electron chi connectivity index (χ1n) is 7.30. The average Bonchev–Trinajstić information content (AvgIpc) is 3.02. The van der Waals surface area contributed by atoms with E-state index in [1.807, 2.05) is 13.8 Å². The molecule has 2 aromatic rings. The summed E-state index contributed by atoms with van der Waals surface area (Å²) in [6.45, 7) is 11.6. The standard InChI is InChI=1S/C17H18FN3OS/c1-10(5-6-11(2)18)7-14-9-23-17-15(14)8-22-12(3)16-20-19-13(4)21(16)17/h5-6,9,12H,1-2,7-8H2,3-4H3/b6-5-/t12-/m0/s1. The topological polar surface area (TPSA) is 39.9 Å². The predicted octanol–water partition coefficient (Wildman–Crippen LogP) is 4.37. The second kappa shape index (κ2) is 6.22. The van der Waals surface area contributed by atoms with Crippen molar-refractivity contribution >= 4 is 11.3 Å². The van der Waals surface area contributed by atoms with Gasteiger partial charge < -0.3 is 4.74 Å². The van der Waals surface area contributed by atoms with Crippen molar-refractivity contribution in [3.05, 3.63) is 64.9 Å². The minimum atomic E-state index is -0.475. The number of ether oxygens (including phenoxy) is 1. The van der Waals surface area contributed by atoms with E-state index in [9.17, 15) is 4.39 Å². The molecule has 4 nitrogen and oxygen atoms in total. The van der Waals surface area contributed by atoms with Gasteiger partial charge in [-0.1, -0.05) is 24.8 Å². The summed E-state index contributed by atoms with van der Waals surface area (Å²) in [5.74, 6) is 1.19. The van der Waals surface area contributed by atoms with Crippen molar-refractivity contribution in [3.63, 3.8) is 0 Å². The summed E-state index contributed by atoms with van der Waals surface area (Å²) < 4.78 is 20.7. The molecule has 0 fully saturated rings. The Morgan fingerprint density at radius 1 is 1.48 bits per heavy atom. The van der Waals surface area contributed by atoms with Crippen LogP contribution in [0, 0.1) is 6.92 Å². The lowest BCUT2D eigenvalue weighted by Crippen LogP contribution is -2.04. The van der Waals surface area contributed by atoms with Gasteiger partial charge in [-0.25, -0.2) is 4.39 Å². The first kappa shape index (κ1) is 15.8. The Morgan fingerprint density at radius 2 is 2.26 bits per heavy atom. The molecule has 0 amide bonds. The maximum absolute atomic E-state index is 12.7. The zero-order valence-corrected chi connectivity index (χ0v) is 14.0. The molecule has 23 heavy (non-hydrogen) atoms. The zero-order valence-electron chi connectivity index (χ0n) is 13.2. The molecule has 0 saturated carbocycles. The molecule has 0 radical (unpaired) electrons. The number of rotatable bonds is 4. The quantitative estimate of drug-likeness (QED) is 0.781. The molecule has 1 atom stereocenters. The fraction of sp³-hybridized carbons (Fsp3) is 0.294. The number of thiophene rings is 1. The first-order valence-corrected chi connectivity index (χ1v) is 8.18. The second-order valence-corrected chi connectivity index (χ2v) is 6.41. The summed E-state index contributed by atoms with van der Waals surface area (Å²) in [4.78, 5) is 0. The minimum Gasteiger partial charge on any atom is -0.366 e. The van der Waals surface area contributed by atoms with Gasteiger partial charge in [0.05, 0.1) is 6.61 Å². The Balaban J connectivity index is 1.95. The van der Waals surface area contributed by atoms with Crippen molar-refractivity contribution < 1.29 is 9.13 Å². The van der Waals surface area contributed by atoms with Gasteiger partial charge in [-0.2, -0.15) is 0 Å². The highest BCUT2D eigenvalue weighted by atomic mass is 32.1. The van der Waals surface area contributed by atoms with Crippen LogP contribution < -0.4 is 0 Å². The molecule has 120 valence electrons. The van der Waals surface area contributed by atoms with Crippen LogP contribution in [0.5, 0.6) is 0 Å². The van der Waals surface area contributed by atoms with Gasteiger partial charge in [0.1, 0.15) is 22.8 Å². The third-order valence-corrected chi connectivity index (χ3v) is 4.82. The van der Waals surface area contributed by atoms with Crippen LogP contribution in [0.25, 0.3) is 5.00 Å². The molecule has 0 aliphatic carbocycles. The van der Waals surface area contributed by atoms with Gasteiger partial charge in [-0.15, -0.1) is 21.5 Å². The SMILES string of the molecule is C=C(F)/C=C\C(=C)Cc1csc2c1CO[C@@H](C)c1nnc(C)n1-2. The molecule has 0 aromatic carbocycles. The van der Waals surface area contributed by atoms with Crippen LogP contribution in [0.3, 0.4) is 0 Å². The molecule has 3 heterocycles. The molecule has 0 saturated heterocycles. The van der Waals surface area contributed by atoms with Crippen LogP contribution in [-0.2, 0) is 17.8 Å². The number of hydrogen-bond acceptors (Lipinski definition) is 4. The lowest BCUT2D eigenvalue weighted by Gasteiger charge is -2.08. The Hall–Kier alpha value is -2.05. The van der Waals surface area contributed by atoms with Crippen molar-refractivity contribution in [3.8, 4) is 5.00 Å². The van der Waals surface area contributed by atoms with E-state index in [4.69, 9.17) is 4.74 Å². The Kier molecular flexibility index (Phi) is 4.28. The van der Waals surface area contributed by atoms with Crippen molar-refractivity contribution in [1.82, 2.24) is 14.8 Å². The first-order chi connectivity index (χ1) is 11.0. The van der Waals surface area contributed by atoms with Gasteiger partial charge in [0.15, 0.2) is 5.82 Å². The number of halogens is 1. The molecule has 1 aliphatic rings. The lowest BCUT2D eigenvalue weighted by atomic mass is 10.0. The van der Waals surface area contributed by atoms with Gasteiger partial charge in [-0.05, 0) is 37.3 Å².